The highest BCUT2D eigenvalue weighted by Crippen LogP contribution is 2.28. The van der Waals surface area contributed by atoms with Crippen LogP contribution in [-0.2, 0) is 0 Å². The number of benzene rings is 2. The van der Waals surface area contributed by atoms with Crippen LogP contribution in [-0.4, -0.2) is 20.7 Å². The average molecular weight is 344 g/mol. The quantitative estimate of drug-likeness (QED) is 0.571. The summed E-state index contributed by atoms with van der Waals surface area (Å²) in [6, 6.07) is 10.1. The number of nitrogens with zero attached hydrogens (tertiary/aromatic N) is 3. The first-order chi connectivity index (χ1) is 11.5. The minimum Gasteiger partial charge on any atom is -0.298 e. The summed E-state index contributed by atoms with van der Waals surface area (Å²) < 4.78 is 0.853. The second-order valence-electron chi connectivity index (χ2n) is 4.66. The number of hydrogen-bond donors (Lipinski definition) is 1. The van der Waals surface area contributed by atoms with E-state index in [1.807, 2.05) is 12.1 Å². The van der Waals surface area contributed by atoms with Crippen LogP contribution in [0.15, 0.2) is 42.5 Å². The molecule has 1 heterocycles. The van der Waals surface area contributed by atoms with Gasteiger partial charge in [0.1, 0.15) is 5.56 Å². The molecule has 9 nitrogen and oxygen atoms in total. The first-order valence-corrected chi connectivity index (χ1v) is 7.37. The van der Waals surface area contributed by atoms with Crippen LogP contribution in [0, 0.1) is 20.2 Å². The predicted molar refractivity (Wildman–Crippen MR) is 87.3 cm³/mol. The van der Waals surface area contributed by atoms with Gasteiger partial charge in [0, 0.05) is 6.07 Å². The third kappa shape index (κ3) is 2.90. The highest BCUT2D eigenvalue weighted by atomic mass is 32.1. The lowest BCUT2D eigenvalue weighted by Crippen LogP contribution is -2.14. The van der Waals surface area contributed by atoms with Crippen molar-refractivity contribution >= 4 is 44.0 Å². The van der Waals surface area contributed by atoms with E-state index in [-0.39, 0.29) is 10.7 Å². The van der Waals surface area contributed by atoms with Crippen molar-refractivity contribution in [3.63, 3.8) is 0 Å². The molecule has 2 aromatic carbocycles. The molecule has 0 unspecified atom stereocenters. The third-order valence-corrected chi connectivity index (χ3v) is 4.10. The lowest BCUT2D eigenvalue weighted by atomic mass is 10.1. The Morgan fingerprint density at radius 2 is 1.83 bits per heavy atom. The molecule has 0 saturated carbocycles. The second-order valence-corrected chi connectivity index (χ2v) is 5.69. The summed E-state index contributed by atoms with van der Waals surface area (Å²) >= 11 is 1.22. The van der Waals surface area contributed by atoms with Gasteiger partial charge in [0.25, 0.3) is 17.3 Å². The van der Waals surface area contributed by atoms with Crippen LogP contribution >= 0.6 is 11.3 Å². The number of anilines is 1. The van der Waals surface area contributed by atoms with Crippen molar-refractivity contribution in [3.05, 3.63) is 68.3 Å². The van der Waals surface area contributed by atoms with Gasteiger partial charge in [-0.2, -0.15) is 0 Å². The van der Waals surface area contributed by atoms with E-state index in [1.165, 1.54) is 11.3 Å². The van der Waals surface area contributed by atoms with E-state index in [0.29, 0.717) is 5.52 Å². The monoisotopic (exact) mass is 344 g/mol. The van der Waals surface area contributed by atoms with Crippen LogP contribution in [0.25, 0.3) is 10.2 Å². The molecular formula is C14H8N4O5S. The number of thiazole rings is 1. The van der Waals surface area contributed by atoms with Crippen LogP contribution in [0.4, 0.5) is 16.5 Å². The highest BCUT2D eigenvalue weighted by molar-refractivity contribution is 7.22. The largest absolute Gasteiger partial charge is 0.298 e. The highest BCUT2D eigenvalue weighted by Gasteiger charge is 2.24. The number of carbonyl (C=O) groups is 1. The molecule has 1 aromatic heterocycles. The number of carbonyl (C=O) groups excluding carboxylic acids is 1. The van der Waals surface area contributed by atoms with Crippen LogP contribution in [0.5, 0.6) is 0 Å². The second kappa shape index (κ2) is 6.01. The number of nitro benzene ring substituents is 2. The standard InChI is InChI=1S/C14H8N4O5S/c19-13(16-14-15-10-3-1-2-4-12(10)24-14)9-6-5-8(17(20)21)7-11(9)18(22)23/h1-7H,(H,15,16,19). The molecule has 24 heavy (non-hydrogen) atoms. The van der Waals surface area contributed by atoms with Gasteiger partial charge in [-0.15, -0.1) is 0 Å². The minimum absolute atomic E-state index is 0.273. The fourth-order valence-electron chi connectivity index (χ4n) is 2.07. The molecule has 0 aliphatic carbocycles. The zero-order chi connectivity index (χ0) is 17.3. The number of amides is 1. The van der Waals surface area contributed by atoms with Crippen molar-refractivity contribution < 1.29 is 14.6 Å². The van der Waals surface area contributed by atoms with E-state index in [1.54, 1.807) is 12.1 Å². The molecular weight excluding hydrogens is 336 g/mol. The summed E-state index contributed by atoms with van der Waals surface area (Å²) in [5.41, 5.74) is -0.679. The van der Waals surface area contributed by atoms with Gasteiger partial charge >= 0.3 is 0 Å². The Morgan fingerprint density at radius 3 is 2.50 bits per heavy atom. The summed E-state index contributed by atoms with van der Waals surface area (Å²) in [4.78, 5) is 36.7. The molecule has 0 saturated heterocycles. The lowest BCUT2D eigenvalue weighted by Gasteiger charge is -2.03. The van der Waals surface area contributed by atoms with Gasteiger partial charge < -0.3 is 0 Å². The van der Waals surface area contributed by atoms with Gasteiger partial charge in [0.2, 0.25) is 0 Å². The zero-order valence-corrected chi connectivity index (χ0v) is 12.6. The number of nitro groups is 2. The number of hydrogen-bond acceptors (Lipinski definition) is 7. The molecule has 120 valence electrons. The van der Waals surface area contributed by atoms with Crippen molar-refractivity contribution in [2.24, 2.45) is 0 Å². The van der Waals surface area contributed by atoms with Crippen LogP contribution in [0.1, 0.15) is 10.4 Å². The maximum atomic E-state index is 12.3. The molecule has 0 aliphatic heterocycles. The van der Waals surface area contributed by atoms with Crippen LogP contribution < -0.4 is 5.32 Å². The fraction of sp³-hybridized carbons (Fsp3) is 0. The molecule has 0 radical (unpaired) electrons. The van der Waals surface area contributed by atoms with E-state index >= 15 is 0 Å². The van der Waals surface area contributed by atoms with Gasteiger partial charge in [-0.05, 0) is 18.2 Å². The van der Waals surface area contributed by atoms with Gasteiger partial charge in [0.15, 0.2) is 5.13 Å². The Hall–Kier alpha value is -3.40. The molecule has 1 amide bonds. The van der Waals surface area contributed by atoms with Crippen molar-refractivity contribution in [2.45, 2.75) is 0 Å². The van der Waals surface area contributed by atoms with E-state index in [2.05, 4.69) is 10.3 Å². The molecule has 0 aliphatic rings. The molecule has 0 bridgehead atoms. The topological polar surface area (TPSA) is 128 Å². The molecule has 0 atom stereocenters. The maximum absolute atomic E-state index is 12.3. The number of rotatable bonds is 4. The van der Waals surface area contributed by atoms with E-state index in [4.69, 9.17) is 0 Å². The summed E-state index contributed by atoms with van der Waals surface area (Å²) in [6.45, 7) is 0. The van der Waals surface area contributed by atoms with Gasteiger partial charge in [-0.1, -0.05) is 23.5 Å². The summed E-state index contributed by atoms with van der Waals surface area (Å²) in [5.74, 6) is -0.754. The van der Waals surface area contributed by atoms with Crippen LogP contribution in [0.2, 0.25) is 0 Å². The molecule has 3 aromatic rings. The van der Waals surface area contributed by atoms with Crippen molar-refractivity contribution in [1.82, 2.24) is 4.98 Å². The Morgan fingerprint density at radius 1 is 1.08 bits per heavy atom. The zero-order valence-electron chi connectivity index (χ0n) is 11.8. The van der Waals surface area contributed by atoms with Crippen molar-refractivity contribution in [3.8, 4) is 0 Å². The number of para-hydroxylation sites is 1. The van der Waals surface area contributed by atoms with Gasteiger partial charge in [-0.3, -0.25) is 30.3 Å². The summed E-state index contributed by atoms with van der Waals surface area (Å²) in [7, 11) is 0. The Labute approximate surface area is 137 Å². The lowest BCUT2D eigenvalue weighted by molar-refractivity contribution is -0.394. The number of fused-ring (bicyclic) bond motifs is 1. The number of aromatic nitrogens is 1. The first-order valence-electron chi connectivity index (χ1n) is 6.55. The molecule has 0 spiro atoms. The Kier molecular flexibility index (Phi) is 3.88. The van der Waals surface area contributed by atoms with Gasteiger partial charge in [-0.25, -0.2) is 4.98 Å². The first kappa shape index (κ1) is 15.5. The Balaban J connectivity index is 1.94. The van der Waals surface area contributed by atoms with Crippen molar-refractivity contribution in [2.75, 3.05) is 5.32 Å². The normalized spacial score (nSPS) is 10.5. The fourth-order valence-corrected chi connectivity index (χ4v) is 2.93. The van der Waals surface area contributed by atoms with E-state index < -0.39 is 27.1 Å². The van der Waals surface area contributed by atoms with E-state index in [9.17, 15) is 25.0 Å². The average Bonchev–Trinajstić information content (AvgIpc) is 2.96. The van der Waals surface area contributed by atoms with Gasteiger partial charge in [0.05, 0.1) is 26.1 Å². The molecule has 3 rings (SSSR count). The SMILES string of the molecule is O=C(Nc1nc2ccccc2s1)c1ccc([N+](=O)[O-])cc1[N+](=O)[O-]. The van der Waals surface area contributed by atoms with E-state index in [0.717, 1.165) is 22.9 Å². The maximum Gasteiger partial charge on any atom is 0.289 e. The molecule has 10 heteroatoms. The Bertz CT molecular complexity index is 951. The minimum atomic E-state index is -0.833. The number of non-ortho nitro benzene ring substituents is 1. The predicted octanol–water partition coefficient (Wildman–Crippen LogP) is 3.37. The van der Waals surface area contributed by atoms with Crippen molar-refractivity contribution in [1.29, 1.82) is 0 Å². The third-order valence-electron chi connectivity index (χ3n) is 3.15. The molecule has 0 fully saturated rings. The molecule has 1 N–H and O–H groups in total. The summed E-state index contributed by atoms with van der Waals surface area (Å²) in [5, 5.41) is 24.6. The smallest absolute Gasteiger partial charge is 0.289 e. The summed E-state index contributed by atoms with van der Waals surface area (Å²) in [6.07, 6.45) is 0. The number of nitrogens with one attached hydrogen (secondary N) is 1. The van der Waals surface area contributed by atoms with Crippen LogP contribution in [0.3, 0.4) is 0 Å².